The Kier molecular flexibility index (Phi) is 3.65. The van der Waals surface area contributed by atoms with Crippen molar-refractivity contribution in [2.24, 2.45) is 0 Å². The molecule has 1 saturated heterocycles. The van der Waals surface area contributed by atoms with E-state index in [0.717, 1.165) is 23.3 Å². The number of aromatic nitrogens is 4. The molecule has 2 atom stereocenters. The molecule has 3 aromatic rings. The second-order valence-corrected chi connectivity index (χ2v) is 6.01. The Labute approximate surface area is 138 Å². The Balaban J connectivity index is 1.79. The minimum Gasteiger partial charge on any atom is -0.391 e. The summed E-state index contributed by atoms with van der Waals surface area (Å²) in [6.07, 6.45) is 3.39. The average Bonchev–Trinajstić information content (AvgIpc) is 3.18. The summed E-state index contributed by atoms with van der Waals surface area (Å²) in [6, 6.07) is 6.34. The number of fused-ring (bicyclic) bond motifs is 1. The summed E-state index contributed by atoms with van der Waals surface area (Å²) in [5.74, 6) is 0.438. The van der Waals surface area contributed by atoms with E-state index < -0.39 is 6.10 Å². The first kappa shape index (κ1) is 15.0. The van der Waals surface area contributed by atoms with Crippen LogP contribution >= 0.6 is 0 Å². The fourth-order valence-electron chi connectivity index (χ4n) is 3.36. The molecule has 0 radical (unpaired) electrons. The molecule has 6 nitrogen and oxygen atoms in total. The minimum absolute atomic E-state index is 0.0644. The van der Waals surface area contributed by atoms with E-state index in [4.69, 9.17) is 0 Å². The Morgan fingerprint density at radius 1 is 1.21 bits per heavy atom. The van der Waals surface area contributed by atoms with Crippen LogP contribution in [0.25, 0.3) is 11.2 Å². The van der Waals surface area contributed by atoms with Gasteiger partial charge in [-0.25, -0.2) is 19.3 Å². The zero-order valence-electron chi connectivity index (χ0n) is 13.3. The molecule has 124 valence electrons. The fourth-order valence-corrected chi connectivity index (χ4v) is 3.36. The number of aliphatic hydroxyl groups excluding tert-OH is 1. The van der Waals surface area contributed by atoms with Crippen LogP contribution in [-0.4, -0.2) is 37.3 Å². The van der Waals surface area contributed by atoms with Crippen molar-refractivity contribution in [3.63, 3.8) is 0 Å². The molecule has 0 bridgehead atoms. The van der Waals surface area contributed by atoms with E-state index in [2.05, 4.69) is 15.0 Å². The molecular formula is C17H18FN5O. The van der Waals surface area contributed by atoms with Crippen molar-refractivity contribution in [2.45, 2.75) is 32.0 Å². The van der Waals surface area contributed by atoms with Crippen molar-refractivity contribution in [1.29, 1.82) is 0 Å². The van der Waals surface area contributed by atoms with E-state index in [1.807, 2.05) is 16.4 Å². The molecule has 0 unspecified atom stereocenters. The Morgan fingerprint density at radius 3 is 2.75 bits per heavy atom. The number of nitrogens with zero attached hydrogens (tertiary/aromatic N) is 5. The van der Waals surface area contributed by atoms with E-state index in [1.54, 1.807) is 18.5 Å². The van der Waals surface area contributed by atoms with E-state index in [1.165, 1.54) is 18.5 Å². The highest BCUT2D eigenvalue weighted by Gasteiger charge is 2.34. The van der Waals surface area contributed by atoms with Crippen LogP contribution in [0.5, 0.6) is 0 Å². The van der Waals surface area contributed by atoms with Crippen LogP contribution in [0.4, 0.5) is 10.2 Å². The maximum absolute atomic E-state index is 13.2. The molecule has 3 heterocycles. The quantitative estimate of drug-likeness (QED) is 0.799. The highest BCUT2D eigenvalue weighted by atomic mass is 19.1. The lowest BCUT2D eigenvalue weighted by molar-refractivity contribution is 0.194. The maximum atomic E-state index is 13.2. The summed E-state index contributed by atoms with van der Waals surface area (Å²) in [5, 5.41) is 10.2. The van der Waals surface area contributed by atoms with Crippen molar-refractivity contribution in [3.05, 3.63) is 48.3 Å². The van der Waals surface area contributed by atoms with Gasteiger partial charge in [0.2, 0.25) is 0 Å². The van der Waals surface area contributed by atoms with Gasteiger partial charge < -0.3 is 14.6 Å². The summed E-state index contributed by atoms with van der Waals surface area (Å²) in [4.78, 5) is 15.2. The Bertz CT molecular complexity index is 863. The lowest BCUT2D eigenvalue weighted by atomic mass is 10.0. The first-order valence-corrected chi connectivity index (χ1v) is 8.03. The normalized spacial score (nSPS) is 20.9. The molecule has 1 aromatic carbocycles. The number of aliphatic hydroxyl groups is 1. The summed E-state index contributed by atoms with van der Waals surface area (Å²) in [6.45, 7) is 3.27. The first-order valence-electron chi connectivity index (χ1n) is 8.03. The molecule has 1 aliphatic rings. The summed E-state index contributed by atoms with van der Waals surface area (Å²) >= 11 is 0. The summed E-state index contributed by atoms with van der Waals surface area (Å²) < 4.78 is 15.2. The van der Waals surface area contributed by atoms with Crippen molar-refractivity contribution >= 4 is 17.0 Å². The van der Waals surface area contributed by atoms with Gasteiger partial charge in [0.05, 0.1) is 18.5 Å². The molecule has 1 aliphatic heterocycles. The van der Waals surface area contributed by atoms with Crippen LogP contribution < -0.4 is 4.90 Å². The molecule has 4 rings (SSSR count). The molecule has 0 spiro atoms. The van der Waals surface area contributed by atoms with Gasteiger partial charge in [-0.15, -0.1) is 0 Å². The molecule has 1 N–H and O–H groups in total. The number of imidazole rings is 1. The highest BCUT2D eigenvalue weighted by molar-refractivity contribution is 5.83. The predicted molar refractivity (Wildman–Crippen MR) is 88.1 cm³/mol. The average molecular weight is 327 g/mol. The SMILES string of the molecule is CCn1cnc2c(N3C[C@@H](O)C[C@H]3c3ccc(F)cc3)ncnc21. The van der Waals surface area contributed by atoms with Crippen LogP contribution in [0.15, 0.2) is 36.9 Å². The first-order chi connectivity index (χ1) is 11.7. The van der Waals surface area contributed by atoms with E-state index in [-0.39, 0.29) is 11.9 Å². The Hall–Kier alpha value is -2.54. The van der Waals surface area contributed by atoms with E-state index >= 15 is 0 Å². The standard InChI is InChI=1S/C17H18FN5O/c1-2-22-10-21-15-16(22)19-9-20-17(15)23-8-13(24)7-14(23)11-3-5-12(18)6-4-11/h3-6,9-10,13-14,24H,2,7-8H2,1H3/t13-,14-/m0/s1. The monoisotopic (exact) mass is 327 g/mol. The molecule has 0 amide bonds. The second kappa shape index (κ2) is 5.83. The molecule has 24 heavy (non-hydrogen) atoms. The largest absolute Gasteiger partial charge is 0.391 e. The van der Waals surface area contributed by atoms with E-state index in [0.29, 0.717) is 18.8 Å². The van der Waals surface area contributed by atoms with Crippen LogP contribution in [0, 0.1) is 5.82 Å². The fraction of sp³-hybridized carbons (Fsp3) is 0.353. The smallest absolute Gasteiger partial charge is 0.165 e. The molecule has 2 aromatic heterocycles. The van der Waals surface area contributed by atoms with Gasteiger partial charge in [-0.1, -0.05) is 12.1 Å². The second-order valence-electron chi connectivity index (χ2n) is 6.01. The number of anilines is 1. The van der Waals surface area contributed by atoms with Gasteiger partial charge in [0, 0.05) is 13.1 Å². The zero-order chi connectivity index (χ0) is 16.7. The van der Waals surface area contributed by atoms with Gasteiger partial charge in [-0.05, 0) is 31.0 Å². The van der Waals surface area contributed by atoms with Crippen molar-refractivity contribution in [1.82, 2.24) is 19.5 Å². The number of hydrogen-bond acceptors (Lipinski definition) is 5. The van der Waals surface area contributed by atoms with Crippen LogP contribution in [-0.2, 0) is 6.54 Å². The van der Waals surface area contributed by atoms with Crippen LogP contribution in [0.2, 0.25) is 0 Å². The van der Waals surface area contributed by atoms with Crippen LogP contribution in [0.3, 0.4) is 0 Å². The third-order valence-electron chi connectivity index (χ3n) is 4.53. The van der Waals surface area contributed by atoms with Gasteiger partial charge in [0.1, 0.15) is 12.1 Å². The van der Waals surface area contributed by atoms with Crippen LogP contribution in [0.1, 0.15) is 24.9 Å². The lowest BCUT2D eigenvalue weighted by Crippen LogP contribution is -2.25. The number of β-amino-alcohol motifs (C(OH)–C–C–N with tert-alkyl or cyclic N) is 1. The maximum Gasteiger partial charge on any atom is 0.165 e. The zero-order valence-corrected chi connectivity index (χ0v) is 13.3. The summed E-state index contributed by atoms with van der Waals surface area (Å²) in [5.41, 5.74) is 2.46. The van der Waals surface area contributed by atoms with Crippen molar-refractivity contribution in [2.75, 3.05) is 11.4 Å². The Morgan fingerprint density at radius 2 is 2.00 bits per heavy atom. The summed E-state index contributed by atoms with van der Waals surface area (Å²) in [7, 11) is 0. The third-order valence-corrected chi connectivity index (χ3v) is 4.53. The number of halogens is 1. The number of benzene rings is 1. The van der Waals surface area contributed by atoms with Crippen molar-refractivity contribution in [3.8, 4) is 0 Å². The number of rotatable bonds is 3. The molecular weight excluding hydrogens is 309 g/mol. The van der Waals surface area contributed by atoms with E-state index in [9.17, 15) is 9.50 Å². The predicted octanol–water partition coefficient (Wildman–Crippen LogP) is 2.30. The third kappa shape index (κ3) is 2.41. The topological polar surface area (TPSA) is 67.1 Å². The van der Waals surface area contributed by atoms with Crippen molar-refractivity contribution < 1.29 is 9.50 Å². The van der Waals surface area contributed by atoms with Gasteiger partial charge in [-0.3, -0.25) is 0 Å². The number of hydrogen-bond donors (Lipinski definition) is 1. The number of aryl methyl sites for hydroxylation is 1. The molecule has 0 aliphatic carbocycles. The minimum atomic E-state index is -0.460. The van der Waals surface area contributed by atoms with Gasteiger partial charge in [0.15, 0.2) is 17.0 Å². The van der Waals surface area contributed by atoms with Gasteiger partial charge in [0.25, 0.3) is 0 Å². The lowest BCUT2D eigenvalue weighted by Gasteiger charge is -2.25. The van der Waals surface area contributed by atoms with Gasteiger partial charge >= 0.3 is 0 Å². The molecule has 7 heteroatoms. The molecule has 0 saturated carbocycles. The highest BCUT2D eigenvalue weighted by Crippen LogP contribution is 2.37. The van der Waals surface area contributed by atoms with Gasteiger partial charge in [-0.2, -0.15) is 0 Å². The molecule has 1 fully saturated rings.